The minimum atomic E-state index is -0.456. The van der Waals surface area contributed by atoms with Crippen molar-refractivity contribution in [2.45, 2.75) is 56.6 Å². The zero-order chi connectivity index (χ0) is 20.4. The molecule has 7 heteroatoms. The van der Waals surface area contributed by atoms with E-state index >= 15 is 0 Å². The summed E-state index contributed by atoms with van der Waals surface area (Å²) >= 11 is 0. The highest BCUT2D eigenvalue weighted by Crippen LogP contribution is 2.38. The summed E-state index contributed by atoms with van der Waals surface area (Å²) < 4.78 is 10.5. The molecule has 0 unspecified atom stereocenters. The molecule has 4 rings (SSSR count). The van der Waals surface area contributed by atoms with Gasteiger partial charge in [0.1, 0.15) is 5.60 Å². The first-order valence-corrected chi connectivity index (χ1v) is 10.5. The number of methoxy groups -OCH3 is 1. The van der Waals surface area contributed by atoms with Gasteiger partial charge in [-0.3, -0.25) is 4.79 Å². The van der Waals surface area contributed by atoms with Crippen LogP contribution in [-0.2, 0) is 9.47 Å². The Morgan fingerprint density at radius 1 is 1.10 bits per heavy atom. The maximum absolute atomic E-state index is 12.9. The number of hydrogen-bond donors (Lipinski definition) is 0. The van der Waals surface area contributed by atoms with Crippen molar-refractivity contribution in [3.63, 3.8) is 0 Å². The molecule has 1 aliphatic carbocycles. The molecule has 156 valence electrons. The van der Waals surface area contributed by atoms with Crippen LogP contribution in [0.3, 0.4) is 0 Å². The maximum atomic E-state index is 12.9. The first-order chi connectivity index (χ1) is 14.0. The van der Waals surface area contributed by atoms with Crippen molar-refractivity contribution >= 4 is 18.0 Å². The van der Waals surface area contributed by atoms with Gasteiger partial charge >= 0.3 is 12.1 Å². The second-order valence-corrected chi connectivity index (χ2v) is 8.34. The molecule has 0 atom stereocenters. The standard InChI is InChI=1S/C22H28N2O5/c1-28-20(26)17-7-5-6-16(14-17)19(25)23-12-8-18(9-13-23)24-15-22(29-21(24)27)10-3-2-4-11-22/h5-7,14,18H,2-4,8-13,15H2,1H3. The van der Waals surface area contributed by atoms with Crippen LogP contribution in [0, 0.1) is 0 Å². The zero-order valence-corrected chi connectivity index (χ0v) is 16.9. The Balaban J connectivity index is 1.36. The van der Waals surface area contributed by atoms with E-state index in [1.807, 2.05) is 4.90 Å². The third kappa shape index (κ3) is 3.95. The molecule has 0 bridgehead atoms. The van der Waals surface area contributed by atoms with Crippen LogP contribution in [0.1, 0.15) is 65.7 Å². The van der Waals surface area contributed by atoms with E-state index in [9.17, 15) is 14.4 Å². The van der Waals surface area contributed by atoms with Crippen LogP contribution in [0.25, 0.3) is 0 Å². The lowest BCUT2D eigenvalue weighted by Gasteiger charge is -2.36. The molecule has 1 spiro atoms. The molecule has 2 saturated heterocycles. The van der Waals surface area contributed by atoms with Gasteiger partial charge in [0.05, 0.1) is 19.2 Å². The quantitative estimate of drug-likeness (QED) is 0.728. The number of carbonyl (C=O) groups is 3. The lowest BCUT2D eigenvalue weighted by molar-refractivity contribution is 0.0259. The summed E-state index contributed by atoms with van der Waals surface area (Å²) in [5.41, 5.74) is 0.565. The number of piperidine rings is 1. The topological polar surface area (TPSA) is 76.2 Å². The van der Waals surface area contributed by atoms with E-state index in [-0.39, 0.29) is 23.6 Å². The van der Waals surface area contributed by atoms with E-state index in [0.717, 1.165) is 38.5 Å². The maximum Gasteiger partial charge on any atom is 0.410 e. The van der Waals surface area contributed by atoms with Crippen LogP contribution >= 0.6 is 0 Å². The molecule has 1 aromatic carbocycles. The van der Waals surface area contributed by atoms with Gasteiger partial charge < -0.3 is 19.3 Å². The summed E-state index contributed by atoms with van der Waals surface area (Å²) in [5, 5.41) is 0. The summed E-state index contributed by atoms with van der Waals surface area (Å²) in [6.07, 6.45) is 6.68. The molecule has 3 fully saturated rings. The number of nitrogens with zero attached hydrogens (tertiary/aromatic N) is 2. The van der Waals surface area contributed by atoms with E-state index in [4.69, 9.17) is 9.47 Å². The Morgan fingerprint density at radius 2 is 1.79 bits per heavy atom. The van der Waals surface area contributed by atoms with Gasteiger partial charge in [0.25, 0.3) is 5.91 Å². The van der Waals surface area contributed by atoms with E-state index in [1.54, 1.807) is 29.2 Å². The third-order valence-electron chi connectivity index (χ3n) is 6.48. The number of ether oxygens (including phenoxy) is 2. The van der Waals surface area contributed by atoms with Crippen molar-refractivity contribution in [3.05, 3.63) is 35.4 Å². The molecular formula is C22H28N2O5. The van der Waals surface area contributed by atoms with Gasteiger partial charge in [0.2, 0.25) is 0 Å². The van der Waals surface area contributed by atoms with Gasteiger partial charge in [-0.25, -0.2) is 9.59 Å². The molecule has 29 heavy (non-hydrogen) atoms. The van der Waals surface area contributed by atoms with Crippen molar-refractivity contribution in [1.29, 1.82) is 0 Å². The second-order valence-electron chi connectivity index (χ2n) is 8.34. The molecule has 7 nitrogen and oxygen atoms in total. The number of hydrogen-bond acceptors (Lipinski definition) is 5. The summed E-state index contributed by atoms with van der Waals surface area (Å²) in [7, 11) is 1.32. The molecule has 0 aromatic heterocycles. The van der Waals surface area contributed by atoms with Crippen molar-refractivity contribution < 1.29 is 23.9 Å². The average molecular weight is 400 g/mol. The largest absolute Gasteiger partial charge is 0.465 e. The molecule has 2 aliphatic heterocycles. The van der Waals surface area contributed by atoms with Gasteiger partial charge in [-0.15, -0.1) is 0 Å². The highest BCUT2D eigenvalue weighted by atomic mass is 16.6. The number of benzene rings is 1. The molecule has 0 radical (unpaired) electrons. The van der Waals surface area contributed by atoms with Crippen LogP contribution in [-0.4, -0.2) is 66.2 Å². The minimum absolute atomic E-state index is 0.0954. The zero-order valence-electron chi connectivity index (χ0n) is 16.9. The fourth-order valence-electron chi connectivity index (χ4n) is 4.85. The lowest BCUT2D eigenvalue weighted by Crippen LogP contribution is -2.48. The molecular weight excluding hydrogens is 372 g/mol. The lowest BCUT2D eigenvalue weighted by atomic mass is 9.84. The average Bonchev–Trinajstić information content (AvgIpc) is 3.08. The summed E-state index contributed by atoms with van der Waals surface area (Å²) in [6.45, 7) is 1.86. The monoisotopic (exact) mass is 400 g/mol. The number of carbonyl (C=O) groups excluding carboxylic acids is 3. The van der Waals surface area contributed by atoms with Gasteiger partial charge in [0.15, 0.2) is 0 Å². The smallest absolute Gasteiger partial charge is 0.410 e. The van der Waals surface area contributed by atoms with Crippen molar-refractivity contribution in [2.24, 2.45) is 0 Å². The van der Waals surface area contributed by atoms with E-state index in [0.29, 0.717) is 30.8 Å². The SMILES string of the molecule is COC(=O)c1cccc(C(=O)N2CCC(N3CC4(CCCCC4)OC3=O)CC2)c1. The van der Waals surface area contributed by atoms with Crippen molar-refractivity contribution in [3.8, 4) is 0 Å². The normalized spacial score (nSPS) is 21.9. The minimum Gasteiger partial charge on any atom is -0.465 e. The molecule has 1 aromatic rings. The van der Waals surface area contributed by atoms with Crippen molar-refractivity contribution in [1.82, 2.24) is 9.80 Å². The number of esters is 1. The highest BCUT2D eigenvalue weighted by molar-refractivity contribution is 5.98. The number of likely N-dealkylation sites (tertiary alicyclic amines) is 1. The molecule has 2 heterocycles. The Hall–Kier alpha value is -2.57. The van der Waals surface area contributed by atoms with E-state index in [1.165, 1.54) is 13.5 Å². The van der Waals surface area contributed by atoms with Crippen molar-refractivity contribution in [2.75, 3.05) is 26.7 Å². The van der Waals surface area contributed by atoms with E-state index in [2.05, 4.69) is 0 Å². The van der Waals surface area contributed by atoms with Crippen LogP contribution < -0.4 is 0 Å². The molecule has 0 N–H and O–H groups in total. The Labute approximate surface area is 170 Å². The van der Waals surface area contributed by atoms with Crippen LogP contribution in [0.5, 0.6) is 0 Å². The van der Waals surface area contributed by atoms with Gasteiger partial charge in [-0.2, -0.15) is 0 Å². The highest BCUT2D eigenvalue weighted by Gasteiger charge is 2.48. The molecule has 3 aliphatic rings. The summed E-state index contributed by atoms with van der Waals surface area (Å²) in [6, 6.07) is 6.73. The fourth-order valence-corrected chi connectivity index (χ4v) is 4.85. The number of rotatable bonds is 3. The Bertz CT molecular complexity index is 794. The first-order valence-electron chi connectivity index (χ1n) is 10.5. The molecule has 2 amide bonds. The van der Waals surface area contributed by atoms with Crippen LogP contribution in [0.15, 0.2) is 24.3 Å². The van der Waals surface area contributed by atoms with Gasteiger partial charge in [-0.1, -0.05) is 12.5 Å². The predicted molar refractivity (Wildman–Crippen MR) is 106 cm³/mol. The predicted octanol–water partition coefficient (Wildman–Crippen LogP) is 3.23. The second kappa shape index (κ2) is 8.05. The summed E-state index contributed by atoms with van der Waals surface area (Å²) in [4.78, 5) is 40.8. The number of amides is 2. The van der Waals surface area contributed by atoms with Gasteiger partial charge in [-0.05, 0) is 56.7 Å². The third-order valence-corrected chi connectivity index (χ3v) is 6.48. The van der Waals surface area contributed by atoms with Gasteiger partial charge in [0, 0.05) is 24.7 Å². The summed E-state index contributed by atoms with van der Waals surface area (Å²) in [5.74, 6) is -0.551. The Kier molecular flexibility index (Phi) is 5.48. The first kappa shape index (κ1) is 19.7. The Morgan fingerprint density at radius 3 is 2.48 bits per heavy atom. The molecule has 1 saturated carbocycles. The van der Waals surface area contributed by atoms with Crippen LogP contribution in [0.2, 0.25) is 0 Å². The van der Waals surface area contributed by atoms with E-state index < -0.39 is 5.97 Å². The fraction of sp³-hybridized carbons (Fsp3) is 0.591. The van der Waals surface area contributed by atoms with Crippen LogP contribution in [0.4, 0.5) is 4.79 Å².